The highest BCUT2D eigenvalue weighted by molar-refractivity contribution is 5.75. The van der Waals surface area contributed by atoms with Gasteiger partial charge in [0.25, 0.3) is 0 Å². The van der Waals surface area contributed by atoms with Crippen LogP contribution in [0.15, 0.2) is 30.3 Å². The molecule has 1 aromatic rings. The van der Waals surface area contributed by atoms with Crippen LogP contribution in [0.3, 0.4) is 0 Å². The summed E-state index contributed by atoms with van der Waals surface area (Å²) in [5, 5.41) is 0. The topological polar surface area (TPSA) is 52.3 Å². The van der Waals surface area contributed by atoms with Crippen molar-refractivity contribution in [1.82, 2.24) is 0 Å². The van der Waals surface area contributed by atoms with Crippen LogP contribution in [0, 0.1) is 5.41 Å². The van der Waals surface area contributed by atoms with E-state index in [0.29, 0.717) is 6.42 Å². The molecule has 3 nitrogen and oxygen atoms in total. The third-order valence-corrected chi connectivity index (χ3v) is 2.43. The van der Waals surface area contributed by atoms with Gasteiger partial charge >= 0.3 is 5.97 Å². The second-order valence-electron chi connectivity index (χ2n) is 5.22. The molecule has 0 heterocycles. The highest BCUT2D eigenvalue weighted by Crippen LogP contribution is 2.16. The van der Waals surface area contributed by atoms with Crippen LogP contribution in [0.2, 0.25) is 0 Å². The summed E-state index contributed by atoms with van der Waals surface area (Å²) in [6, 6.07) is 10.0. The minimum Gasteiger partial charge on any atom is -0.446 e. The molecule has 0 radical (unpaired) electrons. The number of hydrogen-bond donors (Lipinski definition) is 1. The standard InChI is InChI=1S/C14H21NO2/c1-14(2,3)13(16)17-12(15)10-9-11-7-5-4-6-8-11/h4-8,12H,9-10,15H2,1-3H3. The van der Waals surface area contributed by atoms with Crippen LogP contribution < -0.4 is 5.73 Å². The maximum atomic E-state index is 11.6. The Kier molecular flexibility index (Phi) is 4.70. The van der Waals surface area contributed by atoms with Gasteiger partial charge in [0.1, 0.15) is 0 Å². The Bertz CT molecular complexity index is 354. The van der Waals surface area contributed by atoms with Crippen LogP contribution in [-0.4, -0.2) is 12.2 Å². The molecule has 2 N–H and O–H groups in total. The molecule has 17 heavy (non-hydrogen) atoms. The molecule has 3 heteroatoms. The van der Waals surface area contributed by atoms with Crippen LogP contribution in [0.4, 0.5) is 0 Å². The van der Waals surface area contributed by atoms with Crippen LogP contribution in [-0.2, 0) is 16.0 Å². The van der Waals surface area contributed by atoms with E-state index in [-0.39, 0.29) is 5.97 Å². The zero-order chi connectivity index (χ0) is 12.9. The fourth-order valence-corrected chi connectivity index (χ4v) is 1.33. The van der Waals surface area contributed by atoms with Crippen LogP contribution in [0.1, 0.15) is 32.8 Å². The molecule has 1 aromatic carbocycles. The third kappa shape index (κ3) is 5.00. The summed E-state index contributed by atoms with van der Waals surface area (Å²) in [6.45, 7) is 5.46. The Labute approximate surface area is 103 Å². The van der Waals surface area contributed by atoms with E-state index in [0.717, 1.165) is 6.42 Å². The number of aryl methyl sites for hydroxylation is 1. The van der Waals surface area contributed by atoms with Gasteiger partial charge in [0.15, 0.2) is 6.23 Å². The molecule has 0 aliphatic heterocycles. The number of ether oxygens (including phenoxy) is 1. The van der Waals surface area contributed by atoms with Gasteiger partial charge in [-0.2, -0.15) is 0 Å². The first-order valence-electron chi connectivity index (χ1n) is 5.90. The molecule has 1 unspecified atom stereocenters. The smallest absolute Gasteiger partial charge is 0.312 e. The second kappa shape index (κ2) is 5.82. The van der Waals surface area contributed by atoms with Crippen molar-refractivity contribution >= 4 is 5.97 Å². The van der Waals surface area contributed by atoms with E-state index in [1.54, 1.807) is 0 Å². The quantitative estimate of drug-likeness (QED) is 0.644. The van der Waals surface area contributed by atoms with Crippen molar-refractivity contribution in [2.75, 3.05) is 0 Å². The van der Waals surface area contributed by atoms with Crippen LogP contribution in [0.25, 0.3) is 0 Å². The maximum absolute atomic E-state index is 11.6. The predicted molar refractivity (Wildman–Crippen MR) is 68.3 cm³/mol. The van der Waals surface area contributed by atoms with Crippen molar-refractivity contribution in [3.05, 3.63) is 35.9 Å². The third-order valence-electron chi connectivity index (χ3n) is 2.43. The molecule has 0 bridgehead atoms. The Morgan fingerprint density at radius 1 is 1.29 bits per heavy atom. The number of benzene rings is 1. The number of carbonyl (C=O) groups is 1. The van der Waals surface area contributed by atoms with Gasteiger partial charge in [-0.25, -0.2) is 0 Å². The molecule has 0 fully saturated rings. The fraction of sp³-hybridized carbons (Fsp3) is 0.500. The van der Waals surface area contributed by atoms with E-state index in [2.05, 4.69) is 0 Å². The lowest BCUT2D eigenvalue weighted by Crippen LogP contribution is -2.33. The summed E-state index contributed by atoms with van der Waals surface area (Å²) in [5.74, 6) is -0.252. The lowest BCUT2D eigenvalue weighted by molar-refractivity contribution is -0.158. The number of rotatable bonds is 4. The lowest BCUT2D eigenvalue weighted by atomic mass is 9.97. The number of esters is 1. The average Bonchev–Trinajstić information content (AvgIpc) is 2.26. The van der Waals surface area contributed by atoms with Gasteiger partial charge in [-0.05, 0) is 32.8 Å². The molecule has 94 valence electrons. The van der Waals surface area contributed by atoms with E-state index in [1.807, 2.05) is 51.1 Å². The Morgan fingerprint density at radius 2 is 1.88 bits per heavy atom. The SMILES string of the molecule is CC(C)(C)C(=O)OC(N)CCc1ccccc1. The molecule has 0 aromatic heterocycles. The first-order chi connectivity index (χ1) is 7.89. The van der Waals surface area contributed by atoms with Crippen molar-refractivity contribution < 1.29 is 9.53 Å². The molecular formula is C14H21NO2. The van der Waals surface area contributed by atoms with Gasteiger partial charge in [-0.3, -0.25) is 10.5 Å². The van der Waals surface area contributed by atoms with Crippen molar-refractivity contribution in [3.63, 3.8) is 0 Å². The summed E-state index contributed by atoms with van der Waals surface area (Å²) >= 11 is 0. The monoisotopic (exact) mass is 235 g/mol. The second-order valence-corrected chi connectivity index (χ2v) is 5.22. The highest BCUT2D eigenvalue weighted by atomic mass is 16.6. The van der Waals surface area contributed by atoms with E-state index >= 15 is 0 Å². The first kappa shape index (κ1) is 13.7. The molecule has 1 rings (SSSR count). The van der Waals surface area contributed by atoms with Crippen LogP contribution >= 0.6 is 0 Å². The fourth-order valence-electron chi connectivity index (χ4n) is 1.33. The van der Waals surface area contributed by atoms with Gasteiger partial charge in [-0.1, -0.05) is 30.3 Å². The zero-order valence-corrected chi connectivity index (χ0v) is 10.8. The van der Waals surface area contributed by atoms with Crippen molar-refractivity contribution in [1.29, 1.82) is 0 Å². The average molecular weight is 235 g/mol. The largest absolute Gasteiger partial charge is 0.446 e. The van der Waals surface area contributed by atoms with Crippen LogP contribution in [0.5, 0.6) is 0 Å². The number of hydrogen-bond acceptors (Lipinski definition) is 3. The zero-order valence-electron chi connectivity index (χ0n) is 10.8. The van der Waals surface area contributed by atoms with E-state index in [9.17, 15) is 4.79 Å². The predicted octanol–water partition coefficient (Wildman–Crippen LogP) is 2.49. The molecule has 1 atom stereocenters. The van der Waals surface area contributed by atoms with Gasteiger partial charge < -0.3 is 4.74 Å². The molecule has 0 spiro atoms. The minimum absolute atomic E-state index is 0.252. The summed E-state index contributed by atoms with van der Waals surface area (Å²) in [5.41, 5.74) is 6.48. The van der Waals surface area contributed by atoms with Crippen molar-refractivity contribution in [2.45, 2.75) is 39.8 Å². The van der Waals surface area contributed by atoms with E-state index < -0.39 is 11.6 Å². The summed E-state index contributed by atoms with van der Waals surface area (Å²) in [7, 11) is 0. The minimum atomic E-state index is -0.526. The molecule has 0 amide bonds. The Morgan fingerprint density at radius 3 is 2.41 bits per heavy atom. The number of nitrogens with two attached hydrogens (primary N) is 1. The summed E-state index contributed by atoms with van der Waals surface area (Å²) < 4.78 is 5.18. The van der Waals surface area contributed by atoms with E-state index in [1.165, 1.54) is 5.56 Å². The van der Waals surface area contributed by atoms with E-state index in [4.69, 9.17) is 10.5 Å². The Balaban J connectivity index is 2.36. The maximum Gasteiger partial charge on any atom is 0.312 e. The molecule has 0 saturated heterocycles. The normalized spacial score (nSPS) is 13.2. The summed E-state index contributed by atoms with van der Waals surface area (Å²) in [6.07, 6.45) is 0.938. The molecule has 0 aliphatic rings. The van der Waals surface area contributed by atoms with Gasteiger partial charge in [0, 0.05) is 6.42 Å². The van der Waals surface area contributed by atoms with Gasteiger partial charge in [0.2, 0.25) is 0 Å². The molecular weight excluding hydrogens is 214 g/mol. The number of carbonyl (C=O) groups excluding carboxylic acids is 1. The van der Waals surface area contributed by atoms with Crippen molar-refractivity contribution in [3.8, 4) is 0 Å². The van der Waals surface area contributed by atoms with Gasteiger partial charge in [-0.15, -0.1) is 0 Å². The van der Waals surface area contributed by atoms with Crippen molar-refractivity contribution in [2.24, 2.45) is 11.1 Å². The summed E-state index contributed by atoms with van der Waals surface area (Å²) in [4.78, 5) is 11.6. The molecule has 0 aliphatic carbocycles. The lowest BCUT2D eigenvalue weighted by Gasteiger charge is -2.20. The van der Waals surface area contributed by atoms with Gasteiger partial charge in [0.05, 0.1) is 5.41 Å². The Hall–Kier alpha value is -1.35. The molecule has 0 saturated carbocycles. The highest BCUT2D eigenvalue weighted by Gasteiger charge is 2.24. The first-order valence-corrected chi connectivity index (χ1v) is 5.90.